The smallest absolute Gasteiger partial charge is 0.201 e. The van der Waals surface area contributed by atoms with Gasteiger partial charge in [0.05, 0.1) is 4.47 Å². The molecular weight excluding hydrogens is 292 g/mol. The largest absolute Gasteiger partial charge is 0.486 e. The molecule has 0 aliphatic rings. The van der Waals surface area contributed by atoms with Crippen LogP contribution in [0.1, 0.15) is 5.56 Å². The van der Waals surface area contributed by atoms with E-state index in [4.69, 9.17) is 4.74 Å². The second-order valence-corrected chi connectivity index (χ2v) is 4.18. The average molecular weight is 300 g/mol. The normalized spacial score (nSPS) is 10.3. The lowest BCUT2D eigenvalue weighted by atomic mass is 10.3. The number of halogens is 3. The van der Waals surface area contributed by atoms with Crippen LogP contribution in [-0.4, -0.2) is 4.98 Å². The van der Waals surface area contributed by atoms with Crippen molar-refractivity contribution >= 4 is 15.9 Å². The molecule has 0 spiro atoms. The molecule has 0 aliphatic heterocycles. The minimum atomic E-state index is -0.997. The number of pyridine rings is 1. The molecule has 0 saturated carbocycles. The van der Waals surface area contributed by atoms with Gasteiger partial charge in [-0.1, -0.05) is 6.07 Å². The van der Waals surface area contributed by atoms with Crippen molar-refractivity contribution in [2.75, 3.05) is 0 Å². The van der Waals surface area contributed by atoms with Gasteiger partial charge in [0.1, 0.15) is 6.61 Å². The zero-order valence-corrected chi connectivity index (χ0v) is 10.2. The third-order valence-electron chi connectivity index (χ3n) is 2.12. The van der Waals surface area contributed by atoms with Gasteiger partial charge in [-0.25, -0.2) is 4.39 Å². The van der Waals surface area contributed by atoms with Gasteiger partial charge in [-0.15, -0.1) is 0 Å². The van der Waals surface area contributed by atoms with Gasteiger partial charge in [0.2, 0.25) is 5.82 Å². The summed E-state index contributed by atoms with van der Waals surface area (Å²) in [6.45, 7) is 0.145. The van der Waals surface area contributed by atoms with E-state index in [1.54, 1.807) is 24.5 Å². The lowest BCUT2D eigenvalue weighted by Gasteiger charge is -2.08. The summed E-state index contributed by atoms with van der Waals surface area (Å²) in [5.41, 5.74) is 0.787. The molecule has 0 saturated heterocycles. The second-order valence-electron chi connectivity index (χ2n) is 3.32. The van der Waals surface area contributed by atoms with E-state index in [0.717, 1.165) is 5.56 Å². The summed E-state index contributed by atoms with van der Waals surface area (Å²) in [6, 6.07) is 6.31. The maximum absolute atomic E-state index is 13.4. The first-order valence-corrected chi connectivity index (χ1v) is 5.63. The predicted molar refractivity (Wildman–Crippen MR) is 62.6 cm³/mol. The monoisotopic (exact) mass is 299 g/mol. The third kappa shape index (κ3) is 2.79. The van der Waals surface area contributed by atoms with Crippen molar-refractivity contribution in [1.82, 2.24) is 4.98 Å². The van der Waals surface area contributed by atoms with Crippen LogP contribution in [0.3, 0.4) is 0 Å². The van der Waals surface area contributed by atoms with Gasteiger partial charge >= 0.3 is 0 Å². The van der Waals surface area contributed by atoms with Crippen LogP contribution in [0.15, 0.2) is 41.1 Å². The number of nitrogens with zero attached hydrogens (tertiary/aromatic N) is 1. The number of hydrogen-bond donors (Lipinski definition) is 0. The average Bonchev–Trinajstić information content (AvgIpc) is 2.36. The summed E-state index contributed by atoms with van der Waals surface area (Å²) in [7, 11) is 0. The fourth-order valence-corrected chi connectivity index (χ4v) is 1.57. The fraction of sp³-hybridized carbons (Fsp3) is 0.0833. The van der Waals surface area contributed by atoms with E-state index >= 15 is 0 Å². The molecule has 0 fully saturated rings. The molecule has 1 aromatic carbocycles. The summed E-state index contributed by atoms with van der Waals surface area (Å²) in [6.07, 6.45) is 3.23. The molecule has 2 nitrogen and oxygen atoms in total. The summed E-state index contributed by atoms with van der Waals surface area (Å²) in [4.78, 5) is 3.90. The Balaban J connectivity index is 2.13. The van der Waals surface area contributed by atoms with Crippen molar-refractivity contribution < 1.29 is 13.5 Å². The van der Waals surface area contributed by atoms with E-state index in [0.29, 0.717) is 0 Å². The molecule has 0 aliphatic carbocycles. The van der Waals surface area contributed by atoms with E-state index in [1.807, 2.05) is 0 Å². The highest BCUT2D eigenvalue weighted by atomic mass is 79.9. The molecular formula is C12H8BrF2NO. The molecule has 2 aromatic rings. The van der Waals surface area contributed by atoms with Crippen LogP contribution < -0.4 is 4.74 Å². The molecule has 0 amide bonds. The van der Waals surface area contributed by atoms with Crippen molar-refractivity contribution in [3.63, 3.8) is 0 Å². The first-order valence-electron chi connectivity index (χ1n) is 4.83. The molecule has 1 heterocycles. The van der Waals surface area contributed by atoms with Gasteiger partial charge in [-0.2, -0.15) is 4.39 Å². The highest BCUT2D eigenvalue weighted by Crippen LogP contribution is 2.26. The first-order chi connectivity index (χ1) is 8.18. The number of hydrogen-bond acceptors (Lipinski definition) is 2. The summed E-state index contributed by atoms with van der Waals surface area (Å²) in [5.74, 6) is -2.06. The topological polar surface area (TPSA) is 22.1 Å². The summed E-state index contributed by atoms with van der Waals surface area (Å²) < 4.78 is 31.9. The van der Waals surface area contributed by atoms with Crippen LogP contribution in [0.25, 0.3) is 0 Å². The first kappa shape index (κ1) is 12.0. The Labute approximate surface area is 105 Å². The molecule has 2 rings (SSSR count). The maximum Gasteiger partial charge on any atom is 0.201 e. The maximum atomic E-state index is 13.4. The van der Waals surface area contributed by atoms with Crippen LogP contribution in [0.4, 0.5) is 8.78 Å². The number of aromatic nitrogens is 1. The minimum Gasteiger partial charge on any atom is -0.486 e. The SMILES string of the molecule is Fc1c(Br)ccc(OCc2cccnc2)c1F. The number of rotatable bonds is 3. The third-order valence-corrected chi connectivity index (χ3v) is 2.73. The van der Waals surface area contributed by atoms with Crippen LogP contribution in [0, 0.1) is 11.6 Å². The zero-order chi connectivity index (χ0) is 12.3. The zero-order valence-electron chi connectivity index (χ0n) is 8.66. The Morgan fingerprint density at radius 2 is 2.00 bits per heavy atom. The lowest BCUT2D eigenvalue weighted by molar-refractivity contribution is 0.284. The number of ether oxygens (including phenoxy) is 1. The van der Waals surface area contributed by atoms with E-state index in [-0.39, 0.29) is 16.8 Å². The quantitative estimate of drug-likeness (QED) is 0.806. The van der Waals surface area contributed by atoms with E-state index in [2.05, 4.69) is 20.9 Å². The minimum absolute atomic E-state index is 0.0729. The van der Waals surface area contributed by atoms with Crippen LogP contribution in [-0.2, 0) is 6.61 Å². The van der Waals surface area contributed by atoms with Gasteiger partial charge in [0.15, 0.2) is 11.6 Å². The van der Waals surface area contributed by atoms with Crippen molar-refractivity contribution in [3.05, 3.63) is 58.3 Å². The fourth-order valence-electron chi connectivity index (χ4n) is 1.26. The summed E-state index contributed by atoms with van der Waals surface area (Å²) in [5, 5.41) is 0. The Morgan fingerprint density at radius 3 is 2.71 bits per heavy atom. The highest BCUT2D eigenvalue weighted by molar-refractivity contribution is 9.10. The molecule has 0 atom stereocenters. The van der Waals surface area contributed by atoms with Crippen LogP contribution in [0.2, 0.25) is 0 Å². The Hall–Kier alpha value is -1.49. The molecule has 88 valence electrons. The van der Waals surface area contributed by atoms with Gasteiger partial charge < -0.3 is 4.74 Å². The predicted octanol–water partition coefficient (Wildman–Crippen LogP) is 3.70. The molecule has 17 heavy (non-hydrogen) atoms. The standard InChI is InChI=1S/C12H8BrF2NO/c13-9-3-4-10(12(15)11(9)14)17-7-8-2-1-5-16-6-8/h1-6H,7H2. The van der Waals surface area contributed by atoms with Crippen LogP contribution in [0.5, 0.6) is 5.75 Å². The van der Waals surface area contributed by atoms with Gasteiger partial charge in [0.25, 0.3) is 0 Å². The lowest BCUT2D eigenvalue weighted by Crippen LogP contribution is -1.99. The van der Waals surface area contributed by atoms with Gasteiger partial charge in [-0.3, -0.25) is 4.98 Å². The van der Waals surface area contributed by atoms with Gasteiger partial charge in [0, 0.05) is 18.0 Å². The molecule has 0 N–H and O–H groups in total. The molecule has 1 aromatic heterocycles. The Morgan fingerprint density at radius 1 is 1.18 bits per heavy atom. The number of benzene rings is 1. The Bertz CT molecular complexity index is 519. The molecule has 5 heteroatoms. The molecule has 0 bridgehead atoms. The second kappa shape index (κ2) is 5.23. The van der Waals surface area contributed by atoms with E-state index < -0.39 is 11.6 Å². The van der Waals surface area contributed by atoms with Gasteiger partial charge in [-0.05, 0) is 34.1 Å². The van der Waals surface area contributed by atoms with Crippen molar-refractivity contribution in [2.24, 2.45) is 0 Å². The summed E-state index contributed by atoms with van der Waals surface area (Å²) >= 11 is 2.90. The van der Waals surface area contributed by atoms with E-state index in [1.165, 1.54) is 12.1 Å². The van der Waals surface area contributed by atoms with Crippen molar-refractivity contribution in [1.29, 1.82) is 0 Å². The van der Waals surface area contributed by atoms with E-state index in [9.17, 15) is 8.78 Å². The molecule has 0 unspecified atom stereocenters. The van der Waals surface area contributed by atoms with Crippen LogP contribution >= 0.6 is 15.9 Å². The highest BCUT2D eigenvalue weighted by Gasteiger charge is 2.12. The van der Waals surface area contributed by atoms with Crippen molar-refractivity contribution in [2.45, 2.75) is 6.61 Å². The van der Waals surface area contributed by atoms with Crippen molar-refractivity contribution in [3.8, 4) is 5.75 Å². The molecule has 0 radical (unpaired) electrons. The Kier molecular flexibility index (Phi) is 3.68.